The largest absolute Gasteiger partial charge is 0.493 e. The van der Waals surface area contributed by atoms with Crippen molar-refractivity contribution in [1.82, 2.24) is 5.32 Å². The van der Waals surface area contributed by atoms with Gasteiger partial charge in [0.15, 0.2) is 0 Å². The molecular weight excluding hydrogens is 426 g/mol. The monoisotopic (exact) mass is 461 g/mol. The summed E-state index contributed by atoms with van der Waals surface area (Å²) >= 11 is 1.57. The van der Waals surface area contributed by atoms with Crippen LogP contribution in [0.5, 0.6) is 5.75 Å². The van der Waals surface area contributed by atoms with E-state index in [-0.39, 0.29) is 5.91 Å². The summed E-state index contributed by atoms with van der Waals surface area (Å²) in [5.41, 5.74) is -0.462. The highest BCUT2D eigenvalue weighted by molar-refractivity contribution is 8.16. The maximum Gasteiger partial charge on any atom is 0.339 e. The van der Waals surface area contributed by atoms with Gasteiger partial charge in [0, 0.05) is 18.4 Å². The number of aliphatic imine (C=N–C) groups is 2. The van der Waals surface area contributed by atoms with Crippen molar-refractivity contribution in [3.63, 3.8) is 0 Å². The van der Waals surface area contributed by atoms with Crippen LogP contribution in [0.3, 0.4) is 0 Å². The van der Waals surface area contributed by atoms with Gasteiger partial charge in [0.25, 0.3) is 0 Å². The molecule has 2 aliphatic rings. The van der Waals surface area contributed by atoms with E-state index >= 15 is 0 Å². The third-order valence-electron chi connectivity index (χ3n) is 5.67. The van der Waals surface area contributed by atoms with Crippen LogP contribution in [0.15, 0.2) is 31.3 Å². The van der Waals surface area contributed by atoms with E-state index in [1.807, 2.05) is 20.8 Å². The smallest absolute Gasteiger partial charge is 0.339 e. The van der Waals surface area contributed by atoms with Crippen molar-refractivity contribution in [2.24, 2.45) is 15.9 Å². The zero-order chi connectivity index (χ0) is 23.1. The van der Waals surface area contributed by atoms with E-state index < -0.39 is 17.2 Å². The van der Waals surface area contributed by atoms with Gasteiger partial charge >= 0.3 is 5.63 Å². The summed E-state index contributed by atoms with van der Waals surface area (Å²) in [5, 5.41) is 3.90. The summed E-state index contributed by atoms with van der Waals surface area (Å²) in [5.74, 6) is 1.89. The number of ether oxygens (including phenoxy) is 1. The Bertz CT molecular complexity index is 922. The number of thioether (sulfide) groups is 1. The molecule has 1 aromatic heterocycles. The molecule has 1 aliphatic heterocycles. The summed E-state index contributed by atoms with van der Waals surface area (Å²) in [4.78, 5) is 34.6. The fraction of sp³-hybridized carbons (Fsp3) is 0.667. The van der Waals surface area contributed by atoms with Crippen LogP contribution in [-0.2, 0) is 4.79 Å². The molecule has 2 atom stereocenters. The predicted molar refractivity (Wildman–Crippen MR) is 130 cm³/mol. The number of unbranched alkanes of at least 4 members (excludes halogenated alkanes) is 1. The third-order valence-corrected chi connectivity index (χ3v) is 7.04. The molecule has 0 bridgehead atoms. The minimum Gasteiger partial charge on any atom is -0.493 e. The summed E-state index contributed by atoms with van der Waals surface area (Å²) in [6.45, 7) is 9.35. The van der Waals surface area contributed by atoms with Crippen LogP contribution >= 0.6 is 11.8 Å². The first-order valence-electron chi connectivity index (χ1n) is 11.7. The van der Waals surface area contributed by atoms with Crippen molar-refractivity contribution in [1.29, 1.82) is 0 Å². The Morgan fingerprint density at radius 3 is 2.84 bits per heavy atom. The second-order valence-corrected chi connectivity index (χ2v) is 9.85. The number of carbonyl (C=O) groups excluding carboxylic acids is 1. The first-order chi connectivity index (χ1) is 15.3. The standard InChI is InChI=1S/C24H35N3O4S/c1-5-7-11-25-16(3)22-27-24(4,15-32-22)23(29)26-19(8-6-2)20-12-18(13-21(28)31-20)30-14-17-9-10-17/h12-13,17,19H,5-11,14-15H2,1-4H3,(H,26,29)/t19-,24?/m1/s1. The van der Waals surface area contributed by atoms with Gasteiger partial charge in [0.05, 0.1) is 24.4 Å². The molecule has 2 heterocycles. The Hall–Kier alpha value is -2.09. The normalized spacial score (nSPS) is 21.9. The van der Waals surface area contributed by atoms with Crippen molar-refractivity contribution in [3.8, 4) is 5.75 Å². The zero-order valence-corrected chi connectivity index (χ0v) is 20.4. The van der Waals surface area contributed by atoms with Crippen LogP contribution in [-0.4, -0.2) is 41.1 Å². The van der Waals surface area contributed by atoms with E-state index in [0.717, 1.165) is 36.6 Å². The molecule has 1 aromatic rings. The second-order valence-electron chi connectivity index (χ2n) is 8.88. The SMILES string of the molecule is CCCCN=C(C)C1=NC(C)(C(=O)N[C@H](CCC)c2cc(OCC3CC3)cc(=O)o2)CS1. The molecule has 1 N–H and O–H groups in total. The van der Waals surface area contributed by atoms with Gasteiger partial charge in [-0.15, -0.1) is 11.8 Å². The van der Waals surface area contributed by atoms with Crippen LogP contribution in [0.2, 0.25) is 0 Å². The molecule has 0 radical (unpaired) electrons. The Labute approximate surface area is 194 Å². The highest BCUT2D eigenvalue weighted by Crippen LogP contribution is 2.32. The summed E-state index contributed by atoms with van der Waals surface area (Å²) in [7, 11) is 0. The number of amides is 1. The molecule has 1 fully saturated rings. The number of nitrogens with one attached hydrogen (secondary N) is 1. The van der Waals surface area contributed by atoms with Crippen LogP contribution in [0, 0.1) is 5.92 Å². The highest BCUT2D eigenvalue weighted by Gasteiger charge is 2.40. The highest BCUT2D eigenvalue weighted by atomic mass is 32.2. The maximum absolute atomic E-state index is 13.2. The lowest BCUT2D eigenvalue weighted by Gasteiger charge is -2.24. The average Bonchev–Trinajstić information content (AvgIpc) is 3.51. The van der Waals surface area contributed by atoms with Crippen molar-refractivity contribution < 1.29 is 13.9 Å². The predicted octanol–water partition coefficient (Wildman–Crippen LogP) is 4.55. The summed E-state index contributed by atoms with van der Waals surface area (Å²) in [6, 6.07) is 2.68. The Morgan fingerprint density at radius 2 is 2.16 bits per heavy atom. The molecule has 1 saturated carbocycles. The van der Waals surface area contributed by atoms with Crippen molar-refractivity contribution in [3.05, 3.63) is 28.3 Å². The lowest BCUT2D eigenvalue weighted by molar-refractivity contribution is -0.125. The first-order valence-corrected chi connectivity index (χ1v) is 12.7. The number of nitrogens with zero attached hydrogens (tertiary/aromatic N) is 2. The molecule has 8 heteroatoms. The fourth-order valence-electron chi connectivity index (χ4n) is 3.39. The molecule has 0 spiro atoms. The van der Waals surface area contributed by atoms with Crippen molar-refractivity contribution in [2.45, 2.75) is 77.8 Å². The molecule has 0 saturated heterocycles. The number of rotatable bonds is 12. The molecular formula is C24H35N3O4S. The van der Waals surface area contributed by atoms with Gasteiger partial charge in [0.2, 0.25) is 5.91 Å². The molecule has 176 valence electrons. The van der Waals surface area contributed by atoms with E-state index in [0.29, 0.717) is 36.2 Å². The molecule has 0 aromatic carbocycles. The molecule has 1 aliphatic carbocycles. The average molecular weight is 462 g/mol. The number of carbonyl (C=O) groups is 1. The molecule has 3 rings (SSSR count). The maximum atomic E-state index is 13.2. The lowest BCUT2D eigenvalue weighted by Crippen LogP contribution is -2.45. The van der Waals surface area contributed by atoms with Crippen LogP contribution in [0.4, 0.5) is 0 Å². The van der Waals surface area contributed by atoms with E-state index in [2.05, 4.69) is 17.2 Å². The number of hydrogen-bond acceptors (Lipinski definition) is 7. The summed E-state index contributed by atoms with van der Waals surface area (Å²) in [6.07, 6.45) is 5.96. The van der Waals surface area contributed by atoms with Gasteiger partial charge < -0.3 is 14.5 Å². The van der Waals surface area contributed by atoms with Crippen LogP contribution < -0.4 is 15.7 Å². The van der Waals surface area contributed by atoms with E-state index in [1.165, 1.54) is 18.9 Å². The van der Waals surface area contributed by atoms with Gasteiger partial charge in [-0.25, -0.2) is 4.79 Å². The van der Waals surface area contributed by atoms with E-state index in [1.54, 1.807) is 17.8 Å². The molecule has 1 unspecified atom stereocenters. The third kappa shape index (κ3) is 6.70. The van der Waals surface area contributed by atoms with E-state index in [4.69, 9.17) is 14.1 Å². The van der Waals surface area contributed by atoms with Crippen LogP contribution in [0.1, 0.15) is 78.0 Å². The zero-order valence-electron chi connectivity index (χ0n) is 19.6. The van der Waals surface area contributed by atoms with Gasteiger partial charge in [-0.1, -0.05) is 26.7 Å². The minimum absolute atomic E-state index is 0.174. The lowest BCUT2D eigenvalue weighted by atomic mass is 10.0. The second kappa shape index (κ2) is 11.2. The van der Waals surface area contributed by atoms with Crippen molar-refractivity contribution in [2.75, 3.05) is 18.9 Å². The summed E-state index contributed by atoms with van der Waals surface area (Å²) < 4.78 is 11.2. The minimum atomic E-state index is -0.881. The van der Waals surface area contributed by atoms with Gasteiger partial charge in [0.1, 0.15) is 22.1 Å². The van der Waals surface area contributed by atoms with Gasteiger partial charge in [-0.3, -0.25) is 14.8 Å². The Balaban J connectivity index is 1.72. The van der Waals surface area contributed by atoms with Gasteiger partial charge in [-0.2, -0.15) is 0 Å². The van der Waals surface area contributed by atoms with Gasteiger partial charge in [-0.05, 0) is 45.4 Å². The number of hydrogen-bond donors (Lipinski definition) is 1. The molecule has 7 nitrogen and oxygen atoms in total. The molecule has 1 amide bonds. The fourth-order valence-corrected chi connectivity index (χ4v) is 4.54. The Morgan fingerprint density at radius 1 is 1.38 bits per heavy atom. The first kappa shape index (κ1) is 24.6. The topological polar surface area (TPSA) is 93.3 Å². The van der Waals surface area contributed by atoms with Crippen LogP contribution in [0.25, 0.3) is 0 Å². The quantitative estimate of drug-likeness (QED) is 0.364. The molecule has 32 heavy (non-hydrogen) atoms. The Kier molecular flexibility index (Phi) is 8.57. The van der Waals surface area contributed by atoms with Crippen molar-refractivity contribution >= 4 is 28.4 Å². The van der Waals surface area contributed by atoms with E-state index in [9.17, 15) is 9.59 Å².